The summed E-state index contributed by atoms with van der Waals surface area (Å²) in [5, 5.41) is 20.1. The minimum Gasteiger partial charge on any atom is -0.502 e. The molecule has 2 aromatic rings. The molecule has 98 valence electrons. The standard InChI is InChI=1S/C15H15NO3/c17-15-11-13(9-10-14(15)16(18)19)8-4-7-12-5-2-1-3-6-12/h1-3,5-6,9-11,17H,4,7-8H2. The molecule has 0 aliphatic heterocycles. The molecule has 0 heterocycles. The quantitative estimate of drug-likeness (QED) is 0.658. The molecule has 1 N–H and O–H groups in total. The van der Waals surface area contributed by atoms with Crippen molar-refractivity contribution < 1.29 is 10.0 Å². The van der Waals surface area contributed by atoms with Crippen LogP contribution >= 0.6 is 0 Å². The third-order valence-corrected chi connectivity index (χ3v) is 3.01. The monoisotopic (exact) mass is 257 g/mol. The molecule has 0 amide bonds. The molecule has 0 bridgehead atoms. The predicted octanol–water partition coefficient (Wildman–Crippen LogP) is 3.48. The first-order valence-electron chi connectivity index (χ1n) is 6.17. The highest BCUT2D eigenvalue weighted by atomic mass is 16.6. The minimum atomic E-state index is -0.580. The van der Waals surface area contributed by atoms with Gasteiger partial charge in [0.2, 0.25) is 0 Å². The van der Waals surface area contributed by atoms with E-state index in [2.05, 4.69) is 12.1 Å². The van der Waals surface area contributed by atoms with E-state index in [9.17, 15) is 15.2 Å². The lowest BCUT2D eigenvalue weighted by Gasteiger charge is -2.03. The van der Waals surface area contributed by atoms with Crippen molar-refractivity contribution in [2.75, 3.05) is 0 Å². The summed E-state index contributed by atoms with van der Waals surface area (Å²) in [6.07, 6.45) is 2.69. The highest BCUT2D eigenvalue weighted by Crippen LogP contribution is 2.26. The second kappa shape index (κ2) is 6.00. The Hall–Kier alpha value is -2.36. The lowest BCUT2D eigenvalue weighted by Crippen LogP contribution is -1.92. The van der Waals surface area contributed by atoms with Crippen LogP contribution < -0.4 is 0 Å². The first kappa shape index (κ1) is 13.1. The van der Waals surface area contributed by atoms with Crippen LogP contribution in [-0.4, -0.2) is 10.0 Å². The minimum absolute atomic E-state index is 0.244. The number of aryl methyl sites for hydroxylation is 2. The van der Waals surface area contributed by atoms with E-state index in [1.165, 1.54) is 17.7 Å². The van der Waals surface area contributed by atoms with Crippen molar-refractivity contribution in [3.05, 3.63) is 69.8 Å². The van der Waals surface area contributed by atoms with Gasteiger partial charge in [-0.15, -0.1) is 0 Å². The molecule has 0 aliphatic carbocycles. The fourth-order valence-electron chi connectivity index (χ4n) is 2.02. The summed E-state index contributed by atoms with van der Waals surface area (Å²) in [6, 6.07) is 14.7. The maximum Gasteiger partial charge on any atom is 0.310 e. The van der Waals surface area contributed by atoms with Crippen LogP contribution in [0.2, 0.25) is 0 Å². The van der Waals surface area contributed by atoms with Gasteiger partial charge in [-0.25, -0.2) is 0 Å². The van der Waals surface area contributed by atoms with Gasteiger partial charge in [-0.3, -0.25) is 10.1 Å². The Bertz CT molecular complexity index is 567. The van der Waals surface area contributed by atoms with Crippen LogP contribution in [0.5, 0.6) is 5.75 Å². The van der Waals surface area contributed by atoms with Crippen LogP contribution in [0.4, 0.5) is 5.69 Å². The average Bonchev–Trinajstić information content (AvgIpc) is 2.39. The van der Waals surface area contributed by atoms with E-state index in [1.54, 1.807) is 6.07 Å². The van der Waals surface area contributed by atoms with Gasteiger partial charge in [0.05, 0.1) is 4.92 Å². The van der Waals surface area contributed by atoms with Crippen LogP contribution in [0.25, 0.3) is 0 Å². The Kier molecular flexibility index (Phi) is 4.13. The zero-order valence-corrected chi connectivity index (χ0v) is 10.5. The highest BCUT2D eigenvalue weighted by Gasteiger charge is 2.12. The Morgan fingerprint density at radius 1 is 1.00 bits per heavy atom. The molecule has 2 aromatic carbocycles. The SMILES string of the molecule is O=[N+]([O-])c1ccc(CCCc2ccccc2)cc1O. The Labute approximate surface area is 111 Å². The lowest BCUT2D eigenvalue weighted by molar-refractivity contribution is -0.385. The molecule has 4 heteroatoms. The number of hydrogen-bond donors (Lipinski definition) is 1. The van der Waals surface area contributed by atoms with Gasteiger partial charge in [0, 0.05) is 6.07 Å². The zero-order chi connectivity index (χ0) is 13.7. The molecule has 0 spiro atoms. The molecule has 4 nitrogen and oxygen atoms in total. The molecule has 0 fully saturated rings. The molecule has 0 aliphatic rings. The number of nitrogens with zero attached hydrogens (tertiary/aromatic N) is 1. The van der Waals surface area contributed by atoms with E-state index in [4.69, 9.17) is 0 Å². The van der Waals surface area contributed by atoms with Crippen molar-refractivity contribution in [1.82, 2.24) is 0 Å². The molecule has 0 atom stereocenters. The van der Waals surface area contributed by atoms with Crippen molar-refractivity contribution in [2.24, 2.45) is 0 Å². The van der Waals surface area contributed by atoms with Gasteiger partial charge >= 0.3 is 5.69 Å². The second-order valence-corrected chi connectivity index (χ2v) is 4.42. The fourth-order valence-corrected chi connectivity index (χ4v) is 2.02. The number of hydrogen-bond acceptors (Lipinski definition) is 3. The molecule has 19 heavy (non-hydrogen) atoms. The molecule has 0 saturated heterocycles. The van der Waals surface area contributed by atoms with Gasteiger partial charge in [-0.2, -0.15) is 0 Å². The normalized spacial score (nSPS) is 10.3. The molecular formula is C15H15NO3. The Morgan fingerprint density at radius 2 is 1.68 bits per heavy atom. The van der Waals surface area contributed by atoms with Gasteiger partial charge in [0.1, 0.15) is 0 Å². The Balaban J connectivity index is 1.93. The summed E-state index contributed by atoms with van der Waals surface area (Å²) >= 11 is 0. The van der Waals surface area contributed by atoms with Crippen LogP contribution in [0.15, 0.2) is 48.5 Å². The van der Waals surface area contributed by atoms with E-state index in [1.807, 2.05) is 18.2 Å². The topological polar surface area (TPSA) is 63.4 Å². The molecule has 0 saturated carbocycles. The number of nitro groups is 1. The smallest absolute Gasteiger partial charge is 0.310 e. The third kappa shape index (κ3) is 3.55. The van der Waals surface area contributed by atoms with Crippen molar-refractivity contribution in [3.63, 3.8) is 0 Å². The maximum absolute atomic E-state index is 10.6. The maximum atomic E-state index is 10.6. The second-order valence-electron chi connectivity index (χ2n) is 4.42. The molecular weight excluding hydrogens is 242 g/mol. The summed E-state index contributed by atoms with van der Waals surface area (Å²) in [5.74, 6) is -0.262. The molecule has 0 aromatic heterocycles. The predicted molar refractivity (Wildman–Crippen MR) is 73.2 cm³/mol. The largest absolute Gasteiger partial charge is 0.502 e. The van der Waals surface area contributed by atoms with E-state index < -0.39 is 4.92 Å². The number of nitro benzene ring substituents is 1. The summed E-state index contributed by atoms with van der Waals surface area (Å²) in [5.41, 5.74) is 1.94. The zero-order valence-electron chi connectivity index (χ0n) is 10.5. The summed E-state index contributed by atoms with van der Waals surface area (Å²) in [4.78, 5) is 10.00. The van der Waals surface area contributed by atoms with Crippen LogP contribution in [0.3, 0.4) is 0 Å². The van der Waals surface area contributed by atoms with Crippen LogP contribution in [-0.2, 0) is 12.8 Å². The summed E-state index contributed by atoms with van der Waals surface area (Å²) in [6.45, 7) is 0. The van der Waals surface area contributed by atoms with Crippen LogP contribution in [0.1, 0.15) is 17.5 Å². The first-order valence-corrected chi connectivity index (χ1v) is 6.17. The average molecular weight is 257 g/mol. The van der Waals surface area contributed by atoms with Gasteiger partial charge in [0.15, 0.2) is 5.75 Å². The first-order chi connectivity index (χ1) is 9.16. The van der Waals surface area contributed by atoms with Crippen molar-refractivity contribution in [1.29, 1.82) is 0 Å². The fraction of sp³-hybridized carbons (Fsp3) is 0.200. The summed E-state index contributed by atoms with van der Waals surface area (Å²) in [7, 11) is 0. The molecule has 0 radical (unpaired) electrons. The van der Waals surface area contributed by atoms with Gasteiger partial charge in [-0.05, 0) is 36.5 Å². The van der Waals surface area contributed by atoms with E-state index in [0.29, 0.717) is 0 Å². The highest BCUT2D eigenvalue weighted by molar-refractivity contribution is 5.47. The Morgan fingerprint density at radius 3 is 2.32 bits per heavy atom. The van der Waals surface area contributed by atoms with Gasteiger partial charge in [0.25, 0.3) is 0 Å². The van der Waals surface area contributed by atoms with Crippen molar-refractivity contribution >= 4 is 5.69 Å². The van der Waals surface area contributed by atoms with E-state index >= 15 is 0 Å². The number of benzene rings is 2. The lowest BCUT2D eigenvalue weighted by atomic mass is 10.0. The third-order valence-electron chi connectivity index (χ3n) is 3.01. The number of phenolic OH excluding ortho intramolecular Hbond substituents is 1. The number of rotatable bonds is 5. The number of phenols is 1. The van der Waals surface area contributed by atoms with Crippen molar-refractivity contribution in [3.8, 4) is 5.75 Å². The number of aromatic hydroxyl groups is 1. The molecule has 2 rings (SSSR count). The van der Waals surface area contributed by atoms with Gasteiger partial charge < -0.3 is 5.11 Å². The van der Waals surface area contributed by atoms with E-state index in [-0.39, 0.29) is 11.4 Å². The van der Waals surface area contributed by atoms with E-state index in [0.717, 1.165) is 24.8 Å². The van der Waals surface area contributed by atoms with Gasteiger partial charge in [-0.1, -0.05) is 36.4 Å². The van der Waals surface area contributed by atoms with Crippen molar-refractivity contribution in [2.45, 2.75) is 19.3 Å². The summed E-state index contributed by atoms with van der Waals surface area (Å²) < 4.78 is 0. The van der Waals surface area contributed by atoms with Crippen LogP contribution in [0, 0.1) is 10.1 Å². The molecule has 0 unspecified atom stereocenters.